The molecule has 134 valence electrons. The van der Waals surface area contributed by atoms with Crippen LogP contribution in [0, 0.1) is 12.3 Å². The molecule has 3 rings (SSSR count). The van der Waals surface area contributed by atoms with E-state index in [4.69, 9.17) is 0 Å². The van der Waals surface area contributed by atoms with Gasteiger partial charge in [-0.15, -0.1) is 0 Å². The molecule has 0 bridgehead atoms. The van der Waals surface area contributed by atoms with Gasteiger partial charge < -0.3 is 5.32 Å². The molecular formula is C13H14F5N3O2S. The van der Waals surface area contributed by atoms with E-state index in [-0.39, 0.29) is 16.0 Å². The fourth-order valence-corrected chi connectivity index (χ4v) is 4.68. The summed E-state index contributed by atoms with van der Waals surface area (Å²) >= 11 is 0. The minimum absolute atomic E-state index is 0.0857. The van der Waals surface area contributed by atoms with E-state index in [0.29, 0.717) is 32.2 Å². The summed E-state index contributed by atoms with van der Waals surface area (Å²) in [5, 5.41) is 3.04. The topological polar surface area (TPSA) is 62.3 Å². The minimum atomic E-state index is -5.80. The number of nitrogens with zero attached hydrogens (tertiary/aromatic N) is 2. The maximum atomic E-state index is 13.3. The molecule has 0 aliphatic carbocycles. The molecule has 0 atom stereocenters. The predicted molar refractivity (Wildman–Crippen MR) is 73.0 cm³/mol. The zero-order valence-corrected chi connectivity index (χ0v) is 13.3. The third kappa shape index (κ3) is 2.49. The van der Waals surface area contributed by atoms with E-state index >= 15 is 0 Å². The third-order valence-corrected chi connectivity index (χ3v) is 6.28. The van der Waals surface area contributed by atoms with Crippen molar-refractivity contribution >= 4 is 10.0 Å². The molecule has 0 unspecified atom stereocenters. The van der Waals surface area contributed by atoms with Crippen molar-refractivity contribution in [3.05, 3.63) is 23.5 Å². The summed E-state index contributed by atoms with van der Waals surface area (Å²) in [6.45, 7) is 3.09. The molecule has 11 heteroatoms. The van der Waals surface area contributed by atoms with Crippen LogP contribution in [0.25, 0.3) is 0 Å². The first-order valence-corrected chi connectivity index (χ1v) is 8.47. The smallest absolute Gasteiger partial charge is 0.315 e. The first-order chi connectivity index (χ1) is 10.9. The Morgan fingerprint density at radius 3 is 2.17 bits per heavy atom. The Bertz CT molecular complexity index is 766. The summed E-state index contributed by atoms with van der Waals surface area (Å²) < 4.78 is 89.9. The fourth-order valence-electron chi connectivity index (χ4n) is 2.85. The average Bonchev–Trinajstić information content (AvgIpc) is 2.32. The first-order valence-electron chi connectivity index (χ1n) is 7.03. The standard InChI is InChI=1S/C13H14F5N3O2S/c1-8-9(2-3-10(20-8)12(14,15)13(16,17)18)24(22,23)21-6-11(7-21)4-19-5-11/h2-3,19H,4-7H2,1H3. The molecule has 1 aromatic heterocycles. The molecule has 1 aromatic rings. The molecular weight excluding hydrogens is 357 g/mol. The summed E-state index contributed by atoms with van der Waals surface area (Å²) in [4.78, 5) is 2.85. The van der Waals surface area contributed by atoms with Gasteiger partial charge in [0.15, 0.2) is 0 Å². The van der Waals surface area contributed by atoms with Crippen LogP contribution in [0.15, 0.2) is 17.0 Å². The van der Waals surface area contributed by atoms with Crippen LogP contribution < -0.4 is 5.32 Å². The van der Waals surface area contributed by atoms with E-state index in [1.54, 1.807) is 0 Å². The molecule has 0 radical (unpaired) electrons. The van der Waals surface area contributed by atoms with Crippen molar-refractivity contribution in [2.75, 3.05) is 26.2 Å². The van der Waals surface area contributed by atoms with Crippen molar-refractivity contribution in [2.45, 2.75) is 23.9 Å². The van der Waals surface area contributed by atoms with Crippen LogP contribution in [-0.4, -0.2) is 50.1 Å². The van der Waals surface area contributed by atoms with Crippen LogP contribution in [0.3, 0.4) is 0 Å². The highest BCUT2D eigenvalue weighted by Crippen LogP contribution is 2.44. The Morgan fingerprint density at radius 2 is 1.75 bits per heavy atom. The van der Waals surface area contributed by atoms with E-state index in [0.717, 1.165) is 13.0 Å². The molecule has 0 amide bonds. The van der Waals surface area contributed by atoms with Crippen LogP contribution in [0.1, 0.15) is 11.4 Å². The Morgan fingerprint density at radius 1 is 1.17 bits per heavy atom. The van der Waals surface area contributed by atoms with Gasteiger partial charge in [-0.2, -0.15) is 26.3 Å². The summed E-state index contributed by atoms with van der Waals surface area (Å²) in [6, 6.07) is 1.17. The molecule has 1 spiro atoms. The van der Waals surface area contributed by atoms with Crippen molar-refractivity contribution in [2.24, 2.45) is 5.41 Å². The highest BCUT2D eigenvalue weighted by molar-refractivity contribution is 7.89. The third-order valence-electron chi connectivity index (χ3n) is 4.36. The van der Waals surface area contributed by atoms with Gasteiger partial charge in [0.25, 0.3) is 0 Å². The number of rotatable bonds is 3. The number of halogens is 5. The maximum Gasteiger partial charge on any atom is 0.459 e. The Labute approximate surface area is 134 Å². The highest BCUT2D eigenvalue weighted by atomic mass is 32.2. The van der Waals surface area contributed by atoms with Gasteiger partial charge in [0.2, 0.25) is 10.0 Å². The second-order valence-electron chi connectivity index (χ2n) is 6.23. The van der Waals surface area contributed by atoms with Gasteiger partial charge in [0.05, 0.1) is 5.69 Å². The number of alkyl halides is 5. The van der Waals surface area contributed by atoms with Gasteiger partial charge in [-0.25, -0.2) is 8.42 Å². The van der Waals surface area contributed by atoms with Crippen LogP contribution in [-0.2, 0) is 15.9 Å². The predicted octanol–water partition coefficient (Wildman–Crippen LogP) is 1.64. The van der Waals surface area contributed by atoms with E-state index in [9.17, 15) is 30.4 Å². The normalized spacial score (nSPS) is 21.4. The molecule has 0 aromatic carbocycles. The van der Waals surface area contributed by atoms with Gasteiger partial charge in [0, 0.05) is 31.6 Å². The number of hydrogen-bond acceptors (Lipinski definition) is 4. The lowest BCUT2D eigenvalue weighted by Gasteiger charge is -2.55. The number of aryl methyl sites for hydroxylation is 1. The van der Waals surface area contributed by atoms with Crippen molar-refractivity contribution in [3.8, 4) is 0 Å². The van der Waals surface area contributed by atoms with E-state index in [1.165, 1.54) is 4.31 Å². The molecule has 2 saturated heterocycles. The molecule has 2 fully saturated rings. The van der Waals surface area contributed by atoms with Crippen molar-refractivity contribution in [3.63, 3.8) is 0 Å². The largest absolute Gasteiger partial charge is 0.459 e. The second-order valence-corrected chi connectivity index (χ2v) is 8.14. The molecule has 0 saturated carbocycles. The number of sulfonamides is 1. The Hall–Kier alpha value is -1.33. The fraction of sp³-hybridized carbons (Fsp3) is 0.615. The molecule has 24 heavy (non-hydrogen) atoms. The molecule has 3 heterocycles. The highest BCUT2D eigenvalue weighted by Gasteiger charge is 2.60. The lowest BCUT2D eigenvalue weighted by atomic mass is 9.76. The Balaban J connectivity index is 1.88. The lowest BCUT2D eigenvalue weighted by Crippen LogP contribution is -2.71. The molecule has 5 nitrogen and oxygen atoms in total. The number of nitrogens with one attached hydrogen (secondary N) is 1. The van der Waals surface area contributed by atoms with Gasteiger partial charge in [-0.3, -0.25) is 4.98 Å². The van der Waals surface area contributed by atoms with E-state index in [1.807, 2.05) is 0 Å². The summed E-state index contributed by atoms with van der Waals surface area (Å²) in [7, 11) is -3.96. The zero-order chi connectivity index (χ0) is 18.0. The van der Waals surface area contributed by atoms with Crippen molar-refractivity contribution < 1.29 is 30.4 Å². The molecule has 1 N–H and O–H groups in total. The number of pyridine rings is 1. The second kappa shape index (κ2) is 5.09. The first kappa shape index (κ1) is 17.5. The van der Waals surface area contributed by atoms with Crippen molar-refractivity contribution in [1.82, 2.24) is 14.6 Å². The number of aromatic nitrogens is 1. The SMILES string of the molecule is Cc1nc(C(F)(F)C(F)(F)F)ccc1S(=O)(=O)N1CC2(CNC2)C1. The monoisotopic (exact) mass is 371 g/mol. The van der Waals surface area contributed by atoms with Crippen LogP contribution in [0.4, 0.5) is 22.0 Å². The Kier molecular flexibility index (Phi) is 3.71. The van der Waals surface area contributed by atoms with Crippen LogP contribution >= 0.6 is 0 Å². The van der Waals surface area contributed by atoms with Gasteiger partial charge in [-0.05, 0) is 19.1 Å². The quantitative estimate of drug-likeness (QED) is 0.821. The van der Waals surface area contributed by atoms with Gasteiger partial charge in [-0.1, -0.05) is 0 Å². The van der Waals surface area contributed by atoms with Gasteiger partial charge in [0.1, 0.15) is 10.6 Å². The van der Waals surface area contributed by atoms with Gasteiger partial charge >= 0.3 is 12.1 Å². The summed E-state index contributed by atoms with van der Waals surface area (Å²) in [6.07, 6.45) is -5.80. The molecule has 2 aliphatic heterocycles. The average molecular weight is 371 g/mol. The van der Waals surface area contributed by atoms with Crippen molar-refractivity contribution in [1.29, 1.82) is 0 Å². The van der Waals surface area contributed by atoms with E-state index < -0.39 is 27.8 Å². The zero-order valence-electron chi connectivity index (χ0n) is 12.5. The minimum Gasteiger partial charge on any atom is -0.315 e. The van der Waals surface area contributed by atoms with Crippen LogP contribution in [0.2, 0.25) is 0 Å². The summed E-state index contributed by atoms with van der Waals surface area (Å²) in [5.74, 6) is -5.14. The maximum absolute atomic E-state index is 13.3. The summed E-state index contributed by atoms with van der Waals surface area (Å²) in [5.41, 5.74) is -1.99. The molecule has 2 aliphatic rings. The lowest BCUT2D eigenvalue weighted by molar-refractivity contribution is -0.291. The van der Waals surface area contributed by atoms with E-state index in [2.05, 4.69) is 10.3 Å². The van der Waals surface area contributed by atoms with Crippen LogP contribution in [0.5, 0.6) is 0 Å². The number of hydrogen-bond donors (Lipinski definition) is 1.